The molecule has 0 bridgehead atoms. The molecule has 8 heteroatoms. The van der Waals surface area contributed by atoms with E-state index in [1.807, 2.05) is 26.0 Å². The van der Waals surface area contributed by atoms with Crippen molar-refractivity contribution in [3.63, 3.8) is 0 Å². The van der Waals surface area contributed by atoms with E-state index in [0.717, 1.165) is 5.69 Å². The number of nitrogens with zero attached hydrogens (tertiary/aromatic N) is 1. The molecule has 0 aromatic heterocycles. The second-order valence-corrected chi connectivity index (χ2v) is 6.76. The summed E-state index contributed by atoms with van der Waals surface area (Å²) < 4.78 is 10.3. The summed E-state index contributed by atoms with van der Waals surface area (Å²) in [4.78, 5) is 38.3. The standard InChI is InChI=1S/C19H27N3O5/c1-13(2)12-27-18(24)10-16-19(25)20-7-8-22(16)17(23)11-21-14-5-4-6-15(9-14)26-3/h4-6,9,13,16,21H,7-8,10-12H2,1-3H3,(H,20,25). The summed E-state index contributed by atoms with van der Waals surface area (Å²) in [5.74, 6) is -0.189. The van der Waals surface area contributed by atoms with Crippen LogP contribution in [0.4, 0.5) is 5.69 Å². The van der Waals surface area contributed by atoms with Crippen molar-refractivity contribution in [1.82, 2.24) is 10.2 Å². The predicted molar refractivity (Wildman–Crippen MR) is 100 cm³/mol. The lowest BCUT2D eigenvalue weighted by Gasteiger charge is -2.34. The lowest BCUT2D eigenvalue weighted by Crippen LogP contribution is -2.58. The lowest BCUT2D eigenvalue weighted by atomic mass is 10.1. The van der Waals surface area contributed by atoms with Gasteiger partial charge in [0, 0.05) is 24.8 Å². The second kappa shape index (κ2) is 9.80. The van der Waals surface area contributed by atoms with Crippen LogP contribution in [0.25, 0.3) is 0 Å². The first-order valence-corrected chi connectivity index (χ1v) is 9.01. The number of esters is 1. The molecule has 2 amide bonds. The van der Waals surface area contributed by atoms with E-state index in [1.165, 1.54) is 4.90 Å². The Morgan fingerprint density at radius 3 is 2.85 bits per heavy atom. The van der Waals surface area contributed by atoms with Crippen LogP contribution in [0.1, 0.15) is 20.3 Å². The van der Waals surface area contributed by atoms with Crippen molar-refractivity contribution in [2.24, 2.45) is 5.92 Å². The van der Waals surface area contributed by atoms with Crippen molar-refractivity contribution in [1.29, 1.82) is 0 Å². The largest absolute Gasteiger partial charge is 0.497 e. The number of nitrogens with one attached hydrogen (secondary N) is 2. The van der Waals surface area contributed by atoms with E-state index >= 15 is 0 Å². The second-order valence-electron chi connectivity index (χ2n) is 6.76. The smallest absolute Gasteiger partial charge is 0.308 e. The van der Waals surface area contributed by atoms with E-state index in [2.05, 4.69) is 10.6 Å². The first kappa shape index (κ1) is 20.5. The first-order chi connectivity index (χ1) is 12.9. The van der Waals surface area contributed by atoms with Gasteiger partial charge in [-0.2, -0.15) is 0 Å². The van der Waals surface area contributed by atoms with Crippen LogP contribution in [0.3, 0.4) is 0 Å². The number of anilines is 1. The normalized spacial score (nSPS) is 16.7. The van der Waals surface area contributed by atoms with Crippen molar-refractivity contribution in [2.45, 2.75) is 26.3 Å². The van der Waals surface area contributed by atoms with Crippen LogP contribution in [0.2, 0.25) is 0 Å². The average molecular weight is 377 g/mol. The van der Waals surface area contributed by atoms with Gasteiger partial charge in [0.15, 0.2) is 0 Å². The minimum Gasteiger partial charge on any atom is -0.497 e. The quantitative estimate of drug-likeness (QED) is 0.657. The SMILES string of the molecule is COc1cccc(NCC(=O)N2CCNC(=O)C2CC(=O)OCC(C)C)c1. The van der Waals surface area contributed by atoms with Gasteiger partial charge in [-0.3, -0.25) is 14.4 Å². The van der Waals surface area contributed by atoms with Gasteiger partial charge >= 0.3 is 5.97 Å². The third-order valence-electron chi connectivity index (χ3n) is 4.10. The molecule has 0 aliphatic carbocycles. The fourth-order valence-electron chi connectivity index (χ4n) is 2.70. The zero-order valence-electron chi connectivity index (χ0n) is 16.0. The molecule has 0 saturated carbocycles. The molecule has 1 saturated heterocycles. The summed E-state index contributed by atoms with van der Waals surface area (Å²) in [6, 6.07) is 6.36. The Labute approximate surface area is 159 Å². The summed E-state index contributed by atoms with van der Waals surface area (Å²) >= 11 is 0. The van der Waals surface area contributed by atoms with E-state index < -0.39 is 12.0 Å². The molecule has 1 aromatic rings. The van der Waals surface area contributed by atoms with Gasteiger partial charge in [-0.1, -0.05) is 19.9 Å². The summed E-state index contributed by atoms with van der Waals surface area (Å²) in [7, 11) is 1.57. The number of benzene rings is 1. The maximum absolute atomic E-state index is 12.6. The molecule has 1 aliphatic rings. The molecule has 1 atom stereocenters. The minimum atomic E-state index is -0.849. The zero-order valence-corrected chi connectivity index (χ0v) is 16.0. The summed E-state index contributed by atoms with van der Waals surface area (Å²) in [5, 5.41) is 5.72. The van der Waals surface area contributed by atoms with Gasteiger partial charge in [0.25, 0.3) is 0 Å². The number of carbonyl (C=O) groups excluding carboxylic acids is 3. The molecular formula is C19H27N3O5. The highest BCUT2D eigenvalue weighted by atomic mass is 16.5. The van der Waals surface area contributed by atoms with E-state index in [-0.39, 0.29) is 30.7 Å². The molecule has 0 radical (unpaired) electrons. The predicted octanol–water partition coefficient (Wildman–Crippen LogP) is 1.02. The molecule has 8 nitrogen and oxygen atoms in total. The van der Waals surface area contributed by atoms with Gasteiger partial charge < -0.3 is 25.0 Å². The highest BCUT2D eigenvalue weighted by Gasteiger charge is 2.34. The highest BCUT2D eigenvalue weighted by molar-refractivity contribution is 5.93. The van der Waals surface area contributed by atoms with E-state index in [0.29, 0.717) is 25.4 Å². The molecule has 1 aliphatic heterocycles. The van der Waals surface area contributed by atoms with Gasteiger partial charge in [-0.25, -0.2) is 0 Å². The zero-order chi connectivity index (χ0) is 19.8. The number of piperazine rings is 1. The van der Waals surface area contributed by atoms with Crippen molar-refractivity contribution < 1.29 is 23.9 Å². The van der Waals surface area contributed by atoms with E-state index in [9.17, 15) is 14.4 Å². The molecule has 1 fully saturated rings. The molecule has 0 spiro atoms. The molecule has 148 valence electrons. The van der Waals surface area contributed by atoms with Gasteiger partial charge in [-0.15, -0.1) is 0 Å². The molecular weight excluding hydrogens is 350 g/mol. The maximum Gasteiger partial charge on any atom is 0.308 e. The Morgan fingerprint density at radius 2 is 2.15 bits per heavy atom. The molecule has 27 heavy (non-hydrogen) atoms. The van der Waals surface area contributed by atoms with Gasteiger partial charge in [0.1, 0.15) is 11.8 Å². The Hall–Kier alpha value is -2.77. The molecule has 2 N–H and O–H groups in total. The van der Waals surface area contributed by atoms with E-state index in [4.69, 9.17) is 9.47 Å². The minimum absolute atomic E-state index is 0.0119. The molecule has 1 heterocycles. The van der Waals surface area contributed by atoms with Crippen molar-refractivity contribution in [2.75, 3.05) is 38.7 Å². The topological polar surface area (TPSA) is 97.0 Å². The number of ether oxygens (including phenoxy) is 2. The third-order valence-corrected chi connectivity index (χ3v) is 4.10. The van der Waals surface area contributed by atoms with Crippen LogP contribution in [0, 0.1) is 5.92 Å². The first-order valence-electron chi connectivity index (χ1n) is 9.01. The highest BCUT2D eigenvalue weighted by Crippen LogP contribution is 2.17. The van der Waals surface area contributed by atoms with E-state index in [1.54, 1.807) is 19.2 Å². The summed E-state index contributed by atoms with van der Waals surface area (Å²) in [6.07, 6.45) is -0.149. The number of methoxy groups -OCH3 is 1. The van der Waals surface area contributed by atoms with Crippen LogP contribution in [-0.2, 0) is 19.1 Å². The fourth-order valence-corrected chi connectivity index (χ4v) is 2.70. The Balaban J connectivity index is 1.96. The molecule has 2 rings (SSSR count). The fraction of sp³-hybridized carbons (Fsp3) is 0.526. The van der Waals surface area contributed by atoms with Crippen LogP contribution in [0.5, 0.6) is 5.75 Å². The average Bonchev–Trinajstić information content (AvgIpc) is 2.66. The maximum atomic E-state index is 12.6. The van der Waals surface area contributed by atoms with Crippen LogP contribution in [-0.4, -0.2) is 62.1 Å². The van der Waals surface area contributed by atoms with Gasteiger partial charge in [-0.05, 0) is 18.1 Å². The Kier molecular flexibility index (Phi) is 7.45. The number of hydrogen-bond acceptors (Lipinski definition) is 6. The molecule has 1 unspecified atom stereocenters. The number of hydrogen-bond donors (Lipinski definition) is 2. The van der Waals surface area contributed by atoms with Crippen molar-refractivity contribution in [3.8, 4) is 5.75 Å². The monoisotopic (exact) mass is 377 g/mol. The summed E-state index contributed by atoms with van der Waals surface area (Å²) in [6.45, 7) is 4.88. The molecule has 1 aromatic carbocycles. The Morgan fingerprint density at radius 1 is 1.37 bits per heavy atom. The van der Waals surface area contributed by atoms with Crippen molar-refractivity contribution in [3.05, 3.63) is 24.3 Å². The number of carbonyl (C=O) groups is 3. The third kappa shape index (κ3) is 6.16. The summed E-state index contributed by atoms with van der Waals surface area (Å²) in [5.41, 5.74) is 0.733. The lowest BCUT2D eigenvalue weighted by molar-refractivity contribution is -0.152. The van der Waals surface area contributed by atoms with Crippen LogP contribution >= 0.6 is 0 Å². The van der Waals surface area contributed by atoms with Crippen molar-refractivity contribution >= 4 is 23.5 Å². The van der Waals surface area contributed by atoms with Gasteiger partial charge in [0.05, 0.1) is 26.7 Å². The number of amides is 2. The van der Waals surface area contributed by atoms with Crippen LogP contribution < -0.4 is 15.4 Å². The number of rotatable bonds is 8. The van der Waals surface area contributed by atoms with Crippen LogP contribution in [0.15, 0.2) is 24.3 Å². The Bertz CT molecular complexity index is 677. The van der Waals surface area contributed by atoms with Gasteiger partial charge in [0.2, 0.25) is 11.8 Å².